The first-order chi connectivity index (χ1) is 7.56. The molecule has 0 aromatic heterocycles. The average Bonchev–Trinajstić information content (AvgIpc) is 2.17. The summed E-state index contributed by atoms with van der Waals surface area (Å²) in [6.45, 7) is 5.44. The van der Waals surface area contributed by atoms with Crippen molar-refractivity contribution in [3.05, 3.63) is 0 Å². The molecule has 0 radical (unpaired) electrons. The molecule has 0 saturated heterocycles. The number of carboxylic acid groups (broad SMARTS) is 1. The Morgan fingerprint density at radius 1 is 1.31 bits per heavy atom. The number of hydrogen-bond acceptors (Lipinski definition) is 3. The van der Waals surface area contributed by atoms with Gasteiger partial charge in [-0.1, -0.05) is 6.92 Å². The van der Waals surface area contributed by atoms with E-state index in [0.717, 1.165) is 6.54 Å². The van der Waals surface area contributed by atoms with Gasteiger partial charge in [-0.05, 0) is 26.3 Å². The number of amides is 1. The summed E-state index contributed by atoms with van der Waals surface area (Å²) in [6.07, 6.45) is 1.94. The van der Waals surface area contributed by atoms with E-state index in [1.54, 1.807) is 0 Å². The molecular weight excluding hydrogens is 208 g/mol. The van der Waals surface area contributed by atoms with Crippen LogP contribution in [-0.2, 0) is 9.59 Å². The van der Waals surface area contributed by atoms with Crippen LogP contribution in [-0.4, -0.2) is 36.1 Å². The molecule has 94 valence electrons. The van der Waals surface area contributed by atoms with E-state index in [0.29, 0.717) is 25.8 Å². The molecule has 5 heteroatoms. The maximum Gasteiger partial charge on any atom is 0.303 e. The summed E-state index contributed by atoms with van der Waals surface area (Å²) in [6, 6.07) is 0.0495. The molecule has 0 fully saturated rings. The van der Waals surface area contributed by atoms with Crippen LogP contribution in [0, 0.1) is 0 Å². The first kappa shape index (κ1) is 14.9. The largest absolute Gasteiger partial charge is 0.481 e. The van der Waals surface area contributed by atoms with Crippen molar-refractivity contribution in [3.63, 3.8) is 0 Å². The third kappa shape index (κ3) is 9.45. The van der Waals surface area contributed by atoms with Crippen molar-refractivity contribution in [2.45, 2.75) is 45.6 Å². The minimum atomic E-state index is -0.786. The van der Waals surface area contributed by atoms with Crippen molar-refractivity contribution in [3.8, 4) is 0 Å². The Morgan fingerprint density at radius 2 is 2.00 bits per heavy atom. The Balaban J connectivity index is 3.50. The molecule has 1 unspecified atom stereocenters. The number of carbonyl (C=O) groups excluding carboxylic acids is 1. The highest BCUT2D eigenvalue weighted by Crippen LogP contribution is 2.00. The molecule has 0 saturated carbocycles. The fourth-order valence-electron chi connectivity index (χ4n) is 1.36. The summed E-state index contributed by atoms with van der Waals surface area (Å²) in [5, 5.41) is 14.4. The Kier molecular flexibility index (Phi) is 8.52. The lowest BCUT2D eigenvalue weighted by Gasteiger charge is -2.13. The first-order valence-corrected chi connectivity index (χ1v) is 5.78. The van der Waals surface area contributed by atoms with Gasteiger partial charge >= 0.3 is 5.97 Å². The fourth-order valence-corrected chi connectivity index (χ4v) is 1.36. The second kappa shape index (κ2) is 9.15. The van der Waals surface area contributed by atoms with E-state index in [-0.39, 0.29) is 18.4 Å². The van der Waals surface area contributed by atoms with E-state index >= 15 is 0 Å². The molecule has 16 heavy (non-hydrogen) atoms. The van der Waals surface area contributed by atoms with Gasteiger partial charge in [-0.15, -0.1) is 0 Å². The number of carboxylic acids is 1. The van der Waals surface area contributed by atoms with E-state index in [2.05, 4.69) is 10.6 Å². The second-order valence-corrected chi connectivity index (χ2v) is 3.86. The fraction of sp³-hybridized carbons (Fsp3) is 0.818. The standard InChI is InChI=1S/C11H22N2O3/c1-3-12-8-7-10(14)13-9(2)5-4-6-11(15)16/h9,12H,3-8H2,1-2H3,(H,13,14)(H,15,16). The number of carbonyl (C=O) groups is 2. The highest BCUT2D eigenvalue weighted by molar-refractivity contribution is 5.76. The third-order valence-electron chi connectivity index (χ3n) is 2.21. The van der Waals surface area contributed by atoms with Crippen LogP contribution >= 0.6 is 0 Å². The van der Waals surface area contributed by atoms with E-state index in [1.165, 1.54) is 0 Å². The summed E-state index contributed by atoms with van der Waals surface area (Å²) in [5.41, 5.74) is 0. The molecule has 1 amide bonds. The van der Waals surface area contributed by atoms with Gasteiger partial charge in [0.25, 0.3) is 0 Å². The molecule has 5 nitrogen and oxygen atoms in total. The van der Waals surface area contributed by atoms with Crippen LogP contribution in [0.4, 0.5) is 0 Å². The van der Waals surface area contributed by atoms with Crippen molar-refractivity contribution >= 4 is 11.9 Å². The average molecular weight is 230 g/mol. The van der Waals surface area contributed by atoms with Gasteiger partial charge in [0.1, 0.15) is 0 Å². The number of aliphatic carboxylic acids is 1. The molecule has 1 atom stereocenters. The Labute approximate surface area is 96.6 Å². The van der Waals surface area contributed by atoms with E-state index < -0.39 is 5.97 Å². The highest BCUT2D eigenvalue weighted by Gasteiger charge is 2.07. The van der Waals surface area contributed by atoms with Gasteiger partial charge in [0.15, 0.2) is 0 Å². The lowest BCUT2D eigenvalue weighted by atomic mass is 10.1. The molecule has 0 bridgehead atoms. The van der Waals surface area contributed by atoms with Crippen LogP contribution < -0.4 is 10.6 Å². The normalized spacial score (nSPS) is 12.1. The SMILES string of the molecule is CCNCCC(=O)NC(C)CCCC(=O)O. The number of nitrogens with one attached hydrogen (secondary N) is 2. The van der Waals surface area contributed by atoms with Gasteiger partial charge in [0.2, 0.25) is 5.91 Å². The predicted octanol–water partition coefficient (Wildman–Crippen LogP) is 0.746. The van der Waals surface area contributed by atoms with E-state index in [1.807, 2.05) is 13.8 Å². The van der Waals surface area contributed by atoms with Gasteiger partial charge in [-0.25, -0.2) is 0 Å². The highest BCUT2D eigenvalue weighted by atomic mass is 16.4. The van der Waals surface area contributed by atoms with Crippen molar-refractivity contribution in [1.82, 2.24) is 10.6 Å². The number of hydrogen-bond donors (Lipinski definition) is 3. The number of rotatable bonds is 9. The van der Waals surface area contributed by atoms with Crippen molar-refractivity contribution in [2.24, 2.45) is 0 Å². The smallest absolute Gasteiger partial charge is 0.303 e. The summed E-state index contributed by atoms with van der Waals surface area (Å²) in [5.74, 6) is -0.769. The molecular formula is C11H22N2O3. The van der Waals surface area contributed by atoms with Gasteiger partial charge in [0.05, 0.1) is 0 Å². The van der Waals surface area contributed by atoms with Gasteiger partial charge < -0.3 is 15.7 Å². The van der Waals surface area contributed by atoms with Crippen LogP contribution in [0.5, 0.6) is 0 Å². The van der Waals surface area contributed by atoms with Crippen molar-refractivity contribution in [1.29, 1.82) is 0 Å². The molecule has 0 spiro atoms. The molecule has 0 aliphatic carbocycles. The molecule has 0 aliphatic rings. The predicted molar refractivity (Wildman–Crippen MR) is 62.3 cm³/mol. The zero-order valence-corrected chi connectivity index (χ0v) is 10.1. The molecule has 0 aliphatic heterocycles. The summed E-state index contributed by atoms with van der Waals surface area (Å²) < 4.78 is 0. The summed E-state index contributed by atoms with van der Waals surface area (Å²) in [4.78, 5) is 21.6. The molecule has 0 heterocycles. The van der Waals surface area contributed by atoms with Crippen LogP contribution in [0.15, 0.2) is 0 Å². The third-order valence-corrected chi connectivity index (χ3v) is 2.21. The van der Waals surface area contributed by atoms with E-state index in [4.69, 9.17) is 5.11 Å². The second-order valence-electron chi connectivity index (χ2n) is 3.86. The maximum absolute atomic E-state index is 11.4. The van der Waals surface area contributed by atoms with Gasteiger partial charge in [-0.2, -0.15) is 0 Å². The van der Waals surface area contributed by atoms with Crippen LogP contribution in [0.25, 0.3) is 0 Å². The molecule has 0 rings (SSSR count). The molecule has 3 N–H and O–H groups in total. The van der Waals surface area contributed by atoms with E-state index in [9.17, 15) is 9.59 Å². The lowest BCUT2D eigenvalue weighted by molar-refractivity contribution is -0.137. The minimum Gasteiger partial charge on any atom is -0.481 e. The Morgan fingerprint density at radius 3 is 2.56 bits per heavy atom. The Bertz CT molecular complexity index is 219. The minimum absolute atomic E-state index is 0.0174. The summed E-state index contributed by atoms with van der Waals surface area (Å²) in [7, 11) is 0. The van der Waals surface area contributed by atoms with Crippen molar-refractivity contribution < 1.29 is 14.7 Å². The monoisotopic (exact) mass is 230 g/mol. The zero-order chi connectivity index (χ0) is 12.4. The zero-order valence-electron chi connectivity index (χ0n) is 10.1. The van der Waals surface area contributed by atoms with Gasteiger partial charge in [-0.3, -0.25) is 9.59 Å². The topological polar surface area (TPSA) is 78.4 Å². The van der Waals surface area contributed by atoms with Crippen molar-refractivity contribution in [2.75, 3.05) is 13.1 Å². The Hall–Kier alpha value is -1.10. The maximum atomic E-state index is 11.4. The van der Waals surface area contributed by atoms with Crippen LogP contribution in [0.2, 0.25) is 0 Å². The molecule has 0 aromatic rings. The quantitative estimate of drug-likeness (QED) is 0.511. The van der Waals surface area contributed by atoms with Crippen LogP contribution in [0.1, 0.15) is 39.5 Å². The van der Waals surface area contributed by atoms with Gasteiger partial charge in [0, 0.05) is 25.4 Å². The lowest BCUT2D eigenvalue weighted by Crippen LogP contribution is -2.34. The van der Waals surface area contributed by atoms with Crippen LogP contribution in [0.3, 0.4) is 0 Å². The first-order valence-electron chi connectivity index (χ1n) is 5.78. The summed E-state index contributed by atoms with van der Waals surface area (Å²) >= 11 is 0. The molecule has 0 aromatic carbocycles.